The van der Waals surface area contributed by atoms with Gasteiger partial charge in [-0.3, -0.25) is 4.79 Å². The van der Waals surface area contributed by atoms with E-state index in [0.29, 0.717) is 0 Å². The summed E-state index contributed by atoms with van der Waals surface area (Å²) in [7, 11) is 0. The van der Waals surface area contributed by atoms with E-state index in [2.05, 4.69) is 31.6 Å². The molecule has 0 atom stereocenters. The Balaban J connectivity index is 0.00000136. The third-order valence-electron chi connectivity index (χ3n) is 6.31. The van der Waals surface area contributed by atoms with Crippen LogP contribution in [0.1, 0.15) is 45.8 Å². The highest BCUT2D eigenvalue weighted by molar-refractivity contribution is 7.14. The van der Waals surface area contributed by atoms with Crippen LogP contribution in [-0.4, -0.2) is 54.7 Å². The van der Waals surface area contributed by atoms with E-state index < -0.39 is 0 Å². The molecule has 2 aromatic rings. The van der Waals surface area contributed by atoms with Gasteiger partial charge in [-0.1, -0.05) is 0 Å². The molecule has 0 unspecified atom stereocenters. The molecule has 2 fully saturated rings. The molecule has 0 saturated carbocycles. The number of nitrogens with one attached hydrogen (secondary N) is 2. The molecule has 0 aromatic carbocycles. The predicted octanol–water partition coefficient (Wildman–Crippen LogP) is 2.93. The molecular weight excluding hydrogens is 457 g/mol. The summed E-state index contributed by atoms with van der Waals surface area (Å²) in [4.78, 5) is 26.0. The number of carbonyl (C=O) groups is 1. The van der Waals surface area contributed by atoms with Gasteiger partial charge in [0.1, 0.15) is 0 Å². The summed E-state index contributed by atoms with van der Waals surface area (Å²) in [5, 5.41) is 6.68. The Morgan fingerprint density at radius 3 is 2.61 bits per heavy atom. The lowest BCUT2D eigenvalue weighted by molar-refractivity contribution is -0.0792. The van der Waals surface area contributed by atoms with Crippen LogP contribution in [-0.2, 0) is 16.8 Å². The van der Waals surface area contributed by atoms with Crippen LogP contribution in [0.4, 0.5) is 5.95 Å². The van der Waals surface area contributed by atoms with Crippen molar-refractivity contribution in [1.82, 2.24) is 20.6 Å². The van der Waals surface area contributed by atoms with Crippen LogP contribution in [0.5, 0.6) is 0 Å². The molecule has 0 radical (unpaired) electrons. The summed E-state index contributed by atoms with van der Waals surface area (Å²) in [6.45, 7) is 4.43. The number of rotatable bonds is 3. The molecule has 2 saturated heterocycles. The standard InChI is InChI=1S/C21H27N5O2S.2ClH/c27-19(25-15-2-11-26(12-3-15)20-23-7-1-8-24-20)18-14-16-17(29-18)4-13-28-21(16)5-9-22-10-6-21;;/h1,7-8,14-15,22H,2-6,9-13H2,(H,25,27);2*1H. The first-order chi connectivity index (χ1) is 14.2. The Morgan fingerprint density at radius 1 is 1.19 bits per heavy atom. The van der Waals surface area contributed by atoms with Gasteiger partial charge in [0.25, 0.3) is 5.91 Å². The van der Waals surface area contributed by atoms with Crippen molar-refractivity contribution in [3.8, 4) is 0 Å². The average Bonchev–Trinajstić information content (AvgIpc) is 3.22. The van der Waals surface area contributed by atoms with Crippen LogP contribution < -0.4 is 15.5 Å². The number of hydrogen-bond acceptors (Lipinski definition) is 7. The largest absolute Gasteiger partial charge is 0.370 e. The van der Waals surface area contributed by atoms with E-state index in [1.165, 1.54) is 10.4 Å². The second kappa shape index (κ2) is 10.4. The number of thiophene rings is 1. The maximum atomic E-state index is 13.0. The van der Waals surface area contributed by atoms with Crippen molar-refractivity contribution in [2.75, 3.05) is 37.7 Å². The maximum absolute atomic E-state index is 13.0. The summed E-state index contributed by atoms with van der Waals surface area (Å²) >= 11 is 1.65. The number of piperidine rings is 2. The zero-order chi connectivity index (χ0) is 19.7. The van der Waals surface area contributed by atoms with Crippen LogP contribution in [0.15, 0.2) is 24.5 Å². The van der Waals surface area contributed by atoms with Gasteiger partial charge in [-0.25, -0.2) is 9.97 Å². The number of ether oxygens (including phenoxy) is 1. The smallest absolute Gasteiger partial charge is 0.261 e. The van der Waals surface area contributed by atoms with Gasteiger partial charge in [-0.05, 0) is 56.5 Å². The molecule has 7 nitrogen and oxygen atoms in total. The van der Waals surface area contributed by atoms with Gasteiger partial charge in [-0.15, -0.1) is 36.2 Å². The van der Waals surface area contributed by atoms with Gasteiger partial charge < -0.3 is 20.3 Å². The van der Waals surface area contributed by atoms with Gasteiger partial charge >= 0.3 is 0 Å². The highest BCUT2D eigenvalue weighted by Crippen LogP contribution is 2.43. The van der Waals surface area contributed by atoms with Crippen molar-refractivity contribution in [2.24, 2.45) is 0 Å². The zero-order valence-corrected chi connectivity index (χ0v) is 19.8. The molecule has 31 heavy (non-hydrogen) atoms. The number of aromatic nitrogens is 2. The van der Waals surface area contributed by atoms with E-state index in [-0.39, 0.29) is 42.4 Å². The quantitative estimate of drug-likeness (QED) is 0.695. The van der Waals surface area contributed by atoms with E-state index in [4.69, 9.17) is 4.74 Å². The van der Waals surface area contributed by atoms with Crippen molar-refractivity contribution in [1.29, 1.82) is 0 Å². The minimum Gasteiger partial charge on any atom is -0.370 e. The van der Waals surface area contributed by atoms with E-state index in [1.54, 1.807) is 23.7 Å². The molecule has 1 spiro atoms. The predicted molar refractivity (Wildman–Crippen MR) is 127 cm³/mol. The van der Waals surface area contributed by atoms with Gasteiger partial charge in [0.2, 0.25) is 5.95 Å². The van der Waals surface area contributed by atoms with E-state index >= 15 is 0 Å². The number of fused-ring (bicyclic) bond motifs is 2. The Kier molecular flexibility index (Phi) is 8.15. The monoisotopic (exact) mass is 485 g/mol. The first-order valence-corrected chi connectivity index (χ1v) is 11.4. The summed E-state index contributed by atoms with van der Waals surface area (Å²) in [6.07, 6.45) is 8.25. The summed E-state index contributed by atoms with van der Waals surface area (Å²) in [5.74, 6) is 0.832. The zero-order valence-electron chi connectivity index (χ0n) is 17.3. The first-order valence-electron chi connectivity index (χ1n) is 10.5. The number of halogens is 2. The molecule has 0 aliphatic carbocycles. The third kappa shape index (κ3) is 4.98. The summed E-state index contributed by atoms with van der Waals surface area (Å²) in [5.41, 5.74) is 1.07. The molecule has 0 bridgehead atoms. The SMILES string of the molecule is Cl.Cl.O=C(NC1CCN(c2ncccn2)CC1)c1cc2c(s1)CCOC21CCNCC1. The lowest BCUT2D eigenvalue weighted by Gasteiger charge is -2.40. The molecule has 5 heterocycles. The average molecular weight is 486 g/mol. The Hall–Kier alpha value is -1.45. The second-order valence-corrected chi connectivity index (χ2v) is 9.21. The molecule has 2 N–H and O–H groups in total. The van der Waals surface area contributed by atoms with Crippen molar-refractivity contribution >= 4 is 48.0 Å². The highest BCUT2D eigenvalue weighted by atomic mass is 35.5. The van der Waals surface area contributed by atoms with Crippen LogP contribution >= 0.6 is 36.2 Å². The van der Waals surface area contributed by atoms with E-state index in [1.807, 2.05) is 6.07 Å². The molecule has 5 rings (SSSR count). The number of amides is 1. The van der Waals surface area contributed by atoms with E-state index in [0.717, 1.165) is 75.7 Å². The molecule has 3 aliphatic heterocycles. The van der Waals surface area contributed by atoms with Crippen LogP contribution in [0, 0.1) is 0 Å². The van der Waals surface area contributed by atoms with Crippen LogP contribution in [0.2, 0.25) is 0 Å². The molecule has 170 valence electrons. The minimum absolute atomic E-state index is 0. The topological polar surface area (TPSA) is 79.4 Å². The lowest BCUT2D eigenvalue weighted by atomic mass is 9.83. The van der Waals surface area contributed by atoms with Gasteiger partial charge in [0, 0.05) is 42.8 Å². The molecular formula is C21H29Cl2N5O2S. The Bertz CT molecular complexity index is 868. The second-order valence-electron chi connectivity index (χ2n) is 8.07. The number of anilines is 1. The van der Waals surface area contributed by atoms with Crippen molar-refractivity contribution < 1.29 is 9.53 Å². The Labute approximate surface area is 199 Å². The molecule has 3 aliphatic rings. The van der Waals surface area contributed by atoms with Gasteiger partial charge in [-0.2, -0.15) is 0 Å². The van der Waals surface area contributed by atoms with Gasteiger partial charge in [0.05, 0.1) is 17.1 Å². The van der Waals surface area contributed by atoms with E-state index in [9.17, 15) is 4.79 Å². The van der Waals surface area contributed by atoms with Gasteiger partial charge in [0.15, 0.2) is 0 Å². The highest BCUT2D eigenvalue weighted by Gasteiger charge is 2.40. The minimum atomic E-state index is -0.186. The fraction of sp³-hybridized carbons (Fsp3) is 0.571. The van der Waals surface area contributed by atoms with Crippen LogP contribution in [0.3, 0.4) is 0 Å². The number of hydrogen-bond donors (Lipinski definition) is 2. The van der Waals surface area contributed by atoms with Crippen molar-refractivity contribution in [3.05, 3.63) is 39.8 Å². The van der Waals surface area contributed by atoms with Crippen molar-refractivity contribution in [3.63, 3.8) is 0 Å². The lowest BCUT2D eigenvalue weighted by Crippen LogP contribution is -2.45. The molecule has 1 amide bonds. The number of carbonyl (C=O) groups excluding carboxylic acids is 1. The Morgan fingerprint density at radius 2 is 1.90 bits per heavy atom. The van der Waals surface area contributed by atoms with Crippen molar-refractivity contribution in [2.45, 2.75) is 43.7 Å². The third-order valence-corrected chi connectivity index (χ3v) is 7.50. The summed E-state index contributed by atoms with van der Waals surface area (Å²) < 4.78 is 6.25. The maximum Gasteiger partial charge on any atom is 0.261 e. The normalized spacial score (nSPS) is 20.3. The molecule has 2 aromatic heterocycles. The first kappa shape index (κ1) is 24.2. The number of nitrogens with zero attached hydrogens (tertiary/aromatic N) is 3. The summed E-state index contributed by atoms with van der Waals surface area (Å²) in [6, 6.07) is 4.13. The molecule has 10 heteroatoms. The fourth-order valence-corrected chi connectivity index (χ4v) is 5.84. The van der Waals surface area contributed by atoms with Crippen LogP contribution in [0.25, 0.3) is 0 Å². The fourth-order valence-electron chi connectivity index (χ4n) is 4.71.